The van der Waals surface area contributed by atoms with Crippen LogP contribution in [0.3, 0.4) is 0 Å². The molecule has 169 valence electrons. The van der Waals surface area contributed by atoms with Crippen molar-refractivity contribution in [3.05, 3.63) is 161 Å². The predicted molar refractivity (Wildman–Crippen MR) is 144 cm³/mol. The van der Waals surface area contributed by atoms with Gasteiger partial charge in [0.25, 0.3) is 0 Å². The van der Waals surface area contributed by atoms with Gasteiger partial charge in [0, 0.05) is 23.5 Å². The largest absolute Gasteiger partial charge is 0.310 e. The molecule has 0 fully saturated rings. The maximum atomic E-state index is 4.22. The van der Waals surface area contributed by atoms with Crippen molar-refractivity contribution >= 4 is 17.1 Å². The highest BCUT2D eigenvalue weighted by Crippen LogP contribution is 2.51. The number of aromatic nitrogens is 1. The van der Waals surface area contributed by atoms with Gasteiger partial charge in [0.2, 0.25) is 0 Å². The van der Waals surface area contributed by atoms with E-state index in [0.717, 1.165) is 11.3 Å². The smallest absolute Gasteiger partial charge is 0.0630 e. The molecule has 0 unspecified atom stereocenters. The van der Waals surface area contributed by atoms with E-state index in [2.05, 4.69) is 139 Å². The molecular weight excluding hydrogens is 424 g/mol. The van der Waals surface area contributed by atoms with Crippen LogP contribution in [0.15, 0.2) is 128 Å². The minimum Gasteiger partial charge on any atom is -0.310 e. The van der Waals surface area contributed by atoms with Crippen molar-refractivity contribution in [2.75, 3.05) is 4.90 Å². The molecule has 35 heavy (non-hydrogen) atoms. The van der Waals surface area contributed by atoms with Gasteiger partial charge in [-0.1, -0.05) is 92.7 Å². The third-order valence-electron chi connectivity index (χ3n) is 7.08. The number of anilines is 3. The molecule has 0 amide bonds. The van der Waals surface area contributed by atoms with Crippen molar-refractivity contribution in [2.24, 2.45) is 0 Å². The Morgan fingerprint density at radius 3 is 1.63 bits per heavy atom. The first-order valence-corrected chi connectivity index (χ1v) is 12.1. The van der Waals surface area contributed by atoms with Crippen molar-refractivity contribution in [3.8, 4) is 0 Å². The molecule has 0 saturated carbocycles. The van der Waals surface area contributed by atoms with E-state index < -0.39 is 0 Å². The van der Waals surface area contributed by atoms with Crippen molar-refractivity contribution in [1.82, 2.24) is 4.98 Å². The Kier molecular flexibility index (Phi) is 5.22. The Hall–Kier alpha value is -4.17. The fourth-order valence-corrected chi connectivity index (χ4v) is 5.35. The Labute approximate surface area is 207 Å². The summed E-state index contributed by atoms with van der Waals surface area (Å²) in [5.74, 6) is 1.21. The molecule has 2 heteroatoms. The molecular formula is C33H27N2. The van der Waals surface area contributed by atoms with E-state index in [0.29, 0.717) is 0 Å². The lowest BCUT2D eigenvalue weighted by Gasteiger charge is -2.42. The maximum absolute atomic E-state index is 4.22. The van der Waals surface area contributed by atoms with Gasteiger partial charge >= 0.3 is 0 Å². The molecule has 0 bridgehead atoms. The Balaban J connectivity index is 1.47. The van der Waals surface area contributed by atoms with E-state index in [-0.39, 0.29) is 5.41 Å². The van der Waals surface area contributed by atoms with E-state index >= 15 is 0 Å². The SMILES string of the molecule is CC1(C)c2ccccc2N(c2ccc([C](c3ccccc3)c3ccncc3)cc2)c2ccccc21. The Morgan fingerprint density at radius 2 is 1.03 bits per heavy atom. The molecule has 4 aromatic carbocycles. The van der Waals surface area contributed by atoms with Gasteiger partial charge in [-0.2, -0.15) is 0 Å². The number of nitrogens with zero attached hydrogens (tertiary/aromatic N) is 2. The molecule has 0 atom stereocenters. The van der Waals surface area contributed by atoms with Crippen LogP contribution in [-0.4, -0.2) is 4.98 Å². The zero-order valence-electron chi connectivity index (χ0n) is 20.0. The topological polar surface area (TPSA) is 16.1 Å². The monoisotopic (exact) mass is 451 g/mol. The minimum absolute atomic E-state index is 0.0563. The molecule has 0 N–H and O–H groups in total. The van der Waals surface area contributed by atoms with Gasteiger partial charge in [0.1, 0.15) is 0 Å². The van der Waals surface area contributed by atoms with Gasteiger partial charge in [0.15, 0.2) is 0 Å². The summed E-state index contributed by atoms with van der Waals surface area (Å²) < 4.78 is 0. The summed E-state index contributed by atoms with van der Waals surface area (Å²) in [6, 6.07) is 41.3. The van der Waals surface area contributed by atoms with Gasteiger partial charge in [0.05, 0.1) is 17.3 Å². The van der Waals surface area contributed by atoms with Crippen LogP contribution in [0.2, 0.25) is 0 Å². The molecule has 2 nitrogen and oxygen atoms in total. The van der Waals surface area contributed by atoms with Gasteiger partial charge in [-0.25, -0.2) is 0 Å². The van der Waals surface area contributed by atoms with E-state index in [4.69, 9.17) is 0 Å². The van der Waals surface area contributed by atoms with Crippen LogP contribution in [0.5, 0.6) is 0 Å². The second-order valence-electron chi connectivity index (χ2n) is 9.52. The number of benzene rings is 4. The fourth-order valence-electron chi connectivity index (χ4n) is 5.35. The molecule has 5 aromatic rings. The number of para-hydroxylation sites is 2. The lowest BCUT2D eigenvalue weighted by Crippen LogP contribution is -2.30. The molecule has 1 aromatic heterocycles. The van der Waals surface area contributed by atoms with E-state index in [1.54, 1.807) is 0 Å². The molecule has 1 aliphatic heterocycles. The lowest BCUT2D eigenvalue weighted by atomic mass is 9.73. The average molecular weight is 452 g/mol. The Morgan fingerprint density at radius 1 is 0.543 bits per heavy atom. The van der Waals surface area contributed by atoms with Gasteiger partial charge in [-0.15, -0.1) is 0 Å². The maximum Gasteiger partial charge on any atom is 0.0630 e. The van der Waals surface area contributed by atoms with Gasteiger partial charge < -0.3 is 4.90 Å². The summed E-state index contributed by atoms with van der Waals surface area (Å²) in [4.78, 5) is 6.62. The first-order chi connectivity index (χ1) is 17.1. The lowest BCUT2D eigenvalue weighted by molar-refractivity contribution is 0.632. The van der Waals surface area contributed by atoms with Crippen LogP contribution in [0.25, 0.3) is 0 Å². The molecule has 1 radical (unpaired) electrons. The number of hydrogen-bond acceptors (Lipinski definition) is 2. The number of hydrogen-bond donors (Lipinski definition) is 0. The molecule has 0 aliphatic carbocycles. The molecule has 0 spiro atoms. The van der Waals surface area contributed by atoms with E-state index in [9.17, 15) is 0 Å². The second-order valence-corrected chi connectivity index (χ2v) is 9.52. The van der Waals surface area contributed by atoms with Crippen LogP contribution in [-0.2, 0) is 5.41 Å². The molecule has 2 heterocycles. The highest BCUT2D eigenvalue weighted by Gasteiger charge is 2.36. The number of pyridine rings is 1. The summed E-state index contributed by atoms with van der Waals surface area (Å²) in [6.45, 7) is 4.64. The third-order valence-corrected chi connectivity index (χ3v) is 7.08. The summed E-state index contributed by atoms with van der Waals surface area (Å²) >= 11 is 0. The summed E-state index contributed by atoms with van der Waals surface area (Å²) in [5.41, 5.74) is 9.81. The summed E-state index contributed by atoms with van der Waals surface area (Å²) in [7, 11) is 0. The van der Waals surface area contributed by atoms with E-state index in [1.165, 1.54) is 39.5 Å². The van der Waals surface area contributed by atoms with Crippen molar-refractivity contribution in [2.45, 2.75) is 19.3 Å². The van der Waals surface area contributed by atoms with Crippen LogP contribution in [0.1, 0.15) is 41.7 Å². The van der Waals surface area contributed by atoms with Crippen LogP contribution >= 0.6 is 0 Å². The predicted octanol–water partition coefficient (Wildman–Crippen LogP) is 8.21. The Bertz CT molecular complexity index is 1370. The third kappa shape index (κ3) is 3.63. The first-order valence-electron chi connectivity index (χ1n) is 12.1. The fraction of sp³-hybridized carbons (Fsp3) is 0.0909. The van der Waals surface area contributed by atoms with Crippen LogP contribution in [0.4, 0.5) is 17.1 Å². The number of rotatable bonds is 4. The van der Waals surface area contributed by atoms with Gasteiger partial charge in [-0.05, 0) is 64.2 Å². The van der Waals surface area contributed by atoms with Crippen molar-refractivity contribution in [3.63, 3.8) is 0 Å². The van der Waals surface area contributed by atoms with E-state index in [1.807, 2.05) is 12.4 Å². The normalized spacial score (nSPS) is 13.9. The molecule has 0 saturated heterocycles. The molecule has 6 rings (SSSR count). The first kappa shape index (κ1) is 21.4. The van der Waals surface area contributed by atoms with Crippen molar-refractivity contribution < 1.29 is 0 Å². The molecule has 1 aliphatic rings. The highest BCUT2D eigenvalue weighted by molar-refractivity contribution is 5.86. The second kappa shape index (κ2) is 8.56. The van der Waals surface area contributed by atoms with Gasteiger partial charge in [-0.3, -0.25) is 4.98 Å². The number of fused-ring (bicyclic) bond motifs is 2. The van der Waals surface area contributed by atoms with Crippen LogP contribution < -0.4 is 4.90 Å². The quantitative estimate of drug-likeness (QED) is 0.274. The zero-order chi connectivity index (χ0) is 23.8. The highest BCUT2D eigenvalue weighted by atomic mass is 15.2. The standard InChI is InChI=1S/C33H27N2/c1-33(2)28-12-6-8-14-30(28)35(31-15-9-7-13-29(31)33)27-18-16-25(17-19-27)32(24-10-4-3-5-11-24)26-20-22-34-23-21-26/h3-23H,1-2H3. The zero-order valence-corrected chi connectivity index (χ0v) is 20.0. The average Bonchev–Trinajstić information content (AvgIpc) is 2.91. The van der Waals surface area contributed by atoms with Crippen LogP contribution in [0, 0.1) is 5.92 Å². The summed E-state index contributed by atoms with van der Waals surface area (Å²) in [5, 5.41) is 0. The summed E-state index contributed by atoms with van der Waals surface area (Å²) in [6.07, 6.45) is 3.71. The minimum atomic E-state index is -0.0563. The van der Waals surface area contributed by atoms with Crippen molar-refractivity contribution in [1.29, 1.82) is 0 Å².